The maximum Gasteiger partial charge on any atom is 0.300 e. The van der Waals surface area contributed by atoms with Gasteiger partial charge in [-0.05, 0) is 18.6 Å². The van der Waals surface area contributed by atoms with Crippen LogP contribution >= 0.6 is 0 Å². The Morgan fingerprint density at radius 2 is 2.05 bits per heavy atom. The Kier molecular flexibility index (Phi) is 3.76. The van der Waals surface area contributed by atoms with Gasteiger partial charge in [0.15, 0.2) is 5.58 Å². The van der Waals surface area contributed by atoms with Crippen LogP contribution in [0.3, 0.4) is 0 Å². The fourth-order valence-corrected chi connectivity index (χ4v) is 2.68. The van der Waals surface area contributed by atoms with Crippen LogP contribution in [0, 0.1) is 5.41 Å². The molecule has 2 aromatic heterocycles. The summed E-state index contributed by atoms with van der Waals surface area (Å²) in [5.41, 5.74) is 0.991. The number of carbonyl (C=O) groups is 1. The third-order valence-electron chi connectivity index (χ3n) is 3.85. The number of nitrogens with zero attached hydrogens (tertiary/aromatic N) is 4. The molecule has 22 heavy (non-hydrogen) atoms. The fraction of sp³-hybridized carbons (Fsp3) is 0.562. The second-order valence-corrected chi connectivity index (χ2v) is 6.70. The average molecular weight is 302 g/mol. The molecule has 1 amide bonds. The van der Waals surface area contributed by atoms with Crippen LogP contribution in [0.4, 0.5) is 6.01 Å². The maximum absolute atomic E-state index is 12.4. The molecule has 0 unspecified atom stereocenters. The summed E-state index contributed by atoms with van der Waals surface area (Å²) < 4.78 is 5.77. The van der Waals surface area contributed by atoms with E-state index in [1.54, 1.807) is 6.20 Å². The predicted molar refractivity (Wildman–Crippen MR) is 84.7 cm³/mol. The molecule has 0 atom stereocenters. The van der Waals surface area contributed by atoms with E-state index in [9.17, 15) is 4.79 Å². The van der Waals surface area contributed by atoms with Crippen LogP contribution in [0.1, 0.15) is 27.2 Å². The van der Waals surface area contributed by atoms with Crippen molar-refractivity contribution < 1.29 is 9.21 Å². The average Bonchev–Trinajstić information content (AvgIpc) is 2.75. The summed E-state index contributed by atoms with van der Waals surface area (Å²) in [6.07, 6.45) is 2.62. The lowest BCUT2D eigenvalue weighted by molar-refractivity contribution is -0.139. The van der Waals surface area contributed by atoms with Gasteiger partial charge in [-0.2, -0.15) is 4.98 Å². The molecular formula is C16H22N4O2. The SMILES string of the molecule is CC(C)(C)C(=O)N1CCCN(c2nc3ncccc3o2)CC1. The number of rotatable bonds is 1. The van der Waals surface area contributed by atoms with Gasteiger partial charge in [0.2, 0.25) is 11.6 Å². The highest BCUT2D eigenvalue weighted by molar-refractivity contribution is 5.81. The van der Waals surface area contributed by atoms with Crippen LogP contribution < -0.4 is 4.90 Å². The highest BCUT2D eigenvalue weighted by Gasteiger charge is 2.29. The second-order valence-electron chi connectivity index (χ2n) is 6.70. The van der Waals surface area contributed by atoms with Crippen LogP contribution in [0.5, 0.6) is 0 Å². The summed E-state index contributed by atoms with van der Waals surface area (Å²) in [7, 11) is 0. The minimum absolute atomic E-state index is 0.202. The van der Waals surface area contributed by atoms with Crippen molar-refractivity contribution in [3.05, 3.63) is 18.3 Å². The summed E-state index contributed by atoms with van der Waals surface area (Å²) in [5, 5.41) is 0. The number of fused-ring (bicyclic) bond motifs is 1. The quantitative estimate of drug-likeness (QED) is 0.809. The Labute approximate surface area is 130 Å². The number of hydrogen-bond donors (Lipinski definition) is 0. The van der Waals surface area contributed by atoms with E-state index in [0.717, 1.165) is 26.1 Å². The van der Waals surface area contributed by atoms with E-state index in [1.165, 1.54) is 0 Å². The van der Waals surface area contributed by atoms with E-state index in [4.69, 9.17) is 4.42 Å². The van der Waals surface area contributed by atoms with Crippen molar-refractivity contribution in [1.82, 2.24) is 14.9 Å². The third kappa shape index (κ3) is 2.91. The molecular weight excluding hydrogens is 280 g/mol. The molecule has 1 aliphatic heterocycles. The first-order valence-corrected chi connectivity index (χ1v) is 7.71. The first kappa shape index (κ1) is 14.8. The van der Waals surface area contributed by atoms with Crippen molar-refractivity contribution >= 4 is 23.2 Å². The van der Waals surface area contributed by atoms with Crippen LogP contribution in [0.2, 0.25) is 0 Å². The van der Waals surface area contributed by atoms with Crippen LogP contribution in [-0.4, -0.2) is 47.0 Å². The van der Waals surface area contributed by atoms with E-state index in [2.05, 4.69) is 14.9 Å². The van der Waals surface area contributed by atoms with Gasteiger partial charge in [0.25, 0.3) is 6.01 Å². The highest BCUT2D eigenvalue weighted by Crippen LogP contribution is 2.23. The van der Waals surface area contributed by atoms with E-state index >= 15 is 0 Å². The van der Waals surface area contributed by atoms with Gasteiger partial charge in [-0.25, -0.2) is 4.98 Å². The van der Waals surface area contributed by atoms with Crippen molar-refractivity contribution in [1.29, 1.82) is 0 Å². The number of oxazole rings is 1. The molecule has 1 aliphatic rings. The molecule has 0 aliphatic carbocycles. The molecule has 118 valence electrons. The zero-order valence-electron chi connectivity index (χ0n) is 13.4. The van der Waals surface area contributed by atoms with Gasteiger partial charge in [0.05, 0.1) is 0 Å². The first-order valence-electron chi connectivity index (χ1n) is 7.71. The molecule has 1 saturated heterocycles. The number of aromatic nitrogens is 2. The summed E-state index contributed by atoms with van der Waals surface area (Å²) in [5.74, 6) is 0.202. The third-order valence-corrected chi connectivity index (χ3v) is 3.85. The molecule has 1 fully saturated rings. The lowest BCUT2D eigenvalue weighted by Crippen LogP contribution is -2.41. The smallest absolute Gasteiger partial charge is 0.300 e. The summed E-state index contributed by atoms with van der Waals surface area (Å²) in [4.78, 5) is 25.1. The first-order chi connectivity index (χ1) is 10.4. The Morgan fingerprint density at radius 1 is 1.23 bits per heavy atom. The summed E-state index contributed by atoms with van der Waals surface area (Å²) in [6, 6.07) is 4.30. The Balaban J connectivity index is 1.74. The van der Waals surface area contributed by atoms with Gasteiger partial charge in [0.1, 0.15) is 0 Å². The van der Waals surface area contributed by atoms with E-state index in [1.807, 2.05) is 37.8 Å². The number of hydrogen-bond acceptors (Lipinski definition) is 5. The van der Waals surface area contributed by atoms with Crippen LogP contribution in [-0.2, 0) is 4.79 Å². The molecule has 0 saturated carbocycles. The molecule has 0 bridgehead atoms. The lowest BCUT2D eigenvalue weighted by atomic mass is 9.94. The van der Waals surface area contributed by atoms with Crippen molar-refractivity contribution in [3.63, 3.8) is 0 Å². The van der Waals surface area contributed by atoms with Gasteiger partial charge in [0, 0.05) is 37.8 Å². The van der Waals surface area contributed by atoms with Gasteiger partial charge in [-0.1, -0.05) is 20.8 Å². The molecule has 0 radical (unpaired) electrons. The molecule has 2 aromatic rings. The second kappa shape index (κ2) is 5.59. The zero-order valence-corrected chi connectivity index (χ0v) is 13.4. The van der Waals surface area contributed by atoms with Crippen molar-refractivity contribution in [3.8, 4) is 0 Å². The van der Waals surface area contributed by atoms with Gasteiger partial charge in [-0.15, -0.1) is 0 Å². The van der Waals surface area contributed by atoms with E-state index < -0.39 is 0 Å². The van der Waals surface area contributed by atoms with Gasteiger partial charge in [-0.3, -0.25) is 4.79 Å². The molecule has 0 spiro atoms. The van der Waals surface area contributed by atoms with Crippen molar-refractivity contribution in [2.75, 3.05) is 31.1 Å². The van der Waals surface area contributed by atoms with E-state index in [-0.39, 0.29) is 11.3 Å². The number of amides is 1. The fourth-order valence-electron chi connectivity index (χ4n) is 2.68. The van der Waals surface area contributed by atoms with Crippen LogP contribution in [0.25, 0.3) is 11.2 Å². The number of anilines is 1. The Hall–Kier alpha value is -2.11. The molecule has 0 aromatic carbocycles. The minimum atomic E-state index is -0.337. The lowest BCUT2D eigenvalue weighted by Gasteiger charge is -2.28. The molecule has 3 heterocycles. The molecule has 0 N–H and O–H groups in total. The topological polar surface area (TPSA) is 62.5 Å². The largest absolute Gasteiger partial charge is 0.422 e. The monoisotopic (exact) mass is 302 g/mol. The Morgan fingerprint density at radius 3 is 2.77 bits per heavy atom. The molecule has 6 heteroatoms. The standard InChI is InChI=1S/C16H22N4O2/c1-16(2,3)14(21)19-8-5-9-20(11-10-19)15-18-13-12(22-15)6-4-7-17-13/h4,6-7H,5,8-11H2,1-3H3. The molecule has 3 rings (SSSR count). The zero-order chi connectivity index (χ0) is 15.7. The van der Waals surface area contributed by atoms with Crippen LogP contribution in [0.15, 0.2) is 22.7 Å². The molecule has 6 nitrogen and oxygen atoms in total. The van der Waals surface area contributed by atoms with Gasteiger partial charge >= 0.3 is 0 Å². The van der Waals surface area contributed by atoms with Gasteiger partial charge < -0.3 is 14.2 Å². The van der Waals surface area contributed by atoms with E-state index in [0.29, 0.717) is 23.8 Å². The normalized spacial score (nSPS) is 16.9. The Bertz CT molecular complexity index is 641. The minimum Gasteiger partial charge on any atom is -0.422 e. The van der Waals surface area contributed by atoms with Crippen molar-refractivity contribution in [2.45, 2.75) is 27.2 Å². The summed E-state index contributed by atoms with van der Waals surface area (Å²) in [6.45, 7) is 8.93. The van der Waals surface area contributed by atoms with Crippen molar-refractivity contribution in [2.24, 2.45) is 5.41 Å². The highest BCUT2D eigenvalue weighted by atomic mass is 16.4. The maximum atomic E-state index is 12.4. The number of carbonyl (C=O) groups excluding carboxylic acids is 1. The number of pyridine rings is 1. The predicted octanol–water partition coefficient (Wildman–Crippen LogP) is 2.31. The summed E-state index contributed by atoms with van der Waals surface area (Å²) >= 11 is 0.